The SMILES string of the molecule is Cc1ccnc(-c2ccsc2)n1. The smallest absolute Gasteiger partial charge is 0.160 e. The molecule has 60 valence electrons. The number of rotatable bonds is 1. The summed E-state index contributed by atoms with van der Waals surface area (Å²) in [5, 5.41) is 4.08. The van der Waals surface area contributed by atoms with Crippen LogP contribution < -0.4 is 0 Å². The van der Waals surface area contributed by atoms with Crippen LogP contribution >= 0.6 is 11.3 Å². The third-order valence-corrected chi connectivity index (χ3v) is 2.26. The van der Waals surface area contributed by atoms with Crippen LogP contribution in [0, 0.1) is 6.92 Å². The average Bonchev–Trinajstić information content (AvgIpc) is 2.56. The van der Waals surface area contributed by atoms with Crippen LogP contribution in [0.2, 0.25) is 0 Å². The molecule has 0 bridgehead atoms. The van der Waals surface area contributed by atoms with E-state index in [1.165, 1.54) is 0 Å². The molecule has 12 heavy (non-hydrogen) atoms. The van der Waals surface area contributed by atoms with Gasteiger partial charge in [0.05, 0.1) is 0 Å². The van der Waals surface area contributed by atoms with Crippen molar-refractivity contribution < 1.29 is 0 Å². The van der Waals surface area contributed by atoms with Crippen molar-refractivity contribution in [3.8, 4) is 11.4 Å². The second-order valence-corrected chi connectivity index (χ2v) is 3.31. The monoisotopic (exact) mass is 176 g/mol. The van der Waals surface area contributed by atoms with Crippen LogP contribution in [0.1, 0.15) is 5.69 Å². The van der Waals surface area contributed by atoms with Gasteiger partial charge in [-0.25, -0.2) is 9.97 Å². The fourth-order valence-electron chi connectivity index (χ4n) is 0.980. The van der Waals surface area contributed by atoms with Gasteiger partial charge in [0.2, 0.25) is 0 Å². The molecular weight excluding hydrogens is 168 g/mol. The van der Waals surface area contributed by atoms with E-state index >= 15 is 0 Å². The number of hydrogen-bond donors (Lipinski definition) is 0. The normalized spacial score (nSPS) is 10.1. The standard InChI is InChI=1S/C9H8N2S/c1-7-2-4-10-9(11-7)8-3-5-12-6-8/h2-6H,1H3. The predicted molar refractivity (Wildman–Crippen MR) is 50.1 cm³/mol. The van der Waals surface area contributed by atoms with Crippen molar-refractivity contribution >= 4 is 11.3 Å². The number of thiophene rings is 1. The summed E-state index contributed by atoms with van der Waals surface area (Å²) in [4.78, 5) is 8.49. The molecule has 0 atom stereocenters. The Morgan fingerprint density at radius 3 is 2.92 bits per heavy atom. The molecule has 2 aromatic heterocycles. The topological polar surface area (TPSA) is 25.8 Å². The van der Waals surface area contributed by atoms with E-state index in [-0.39, 0.29) is 0 Å². The van der Waals surface area contributed by atoms with E-state index in [1.807, 2.05) is 24.4 Å². The van der Waals surface area contributed by atoms with Gasteiger partial charge in [0, 0.05) is 22.8 Å². The van der Waals surface area contributed by atoms with Crippen molar-refractivity contribution in [3.63, 3.8) is 0 Å². The van der Waals surface area contributed by atoms with Gasteiger partial charge in [-0.1, -0.05) is 0 Å². The Bertz CT molecular complexity index is 368. The molecule has 0 unspecified atom stereocenters. The summed E-state index contributed by atoms with van der Waals surface area (Å²) in [5.41, 5.74) is 2.11. The van der Waals surface area contributed by atoms with Crippen LogP contribution in [0.5, 0.6) is 0 Å². The summed E-state index contributed by atoms with van der Waals surface area (Å²) in [7, 11) is 0. The molecule has 0 N–H and O–H groups in total. The Morgan fingerprint density at radius 1 is 1.33 bits per heavy atom. The van der Waals surface area contributed by atoms with Gasteiger partial charge in [0.1, 0.15) is 0 Å². The summed E-state index contributed by atoms with van der Waals surface area (Å²) >= 11 is 1.66. The lowest BCUT2D eigenvalue weighted by molar-refractivity contribution is 1.11. The first kappa shape index (κ1) is 7.43. The molecule has 0 amide bonds. The zero-order valence-electron chi connectivity index (χ0n) is 6.69. The second kappa shape index (κ2) is 3.03. The summed E-state index contributed by atoms with van der Waals surface area (Å²) in [6.07, 6.45) is 1.79. The first-order chi connectivity index (χ1) is 5.86. The molecule has 0 saturated heterocycles. The van der Waals surface area contributed by atoms with E-state index in [2.05, 4.69) is 15.3 Å². The number of aryl methyl sites for hydroxylation is 1. The Morgan fingerprint density at radius 2 is 2.25 bits per heavy atom. The predicted octanol–water partition coefficient (Wildman–Crippen LogP) is 2.51. The number of nitrogens with zero attached hydrogens (tertiary/aromatic N) is 2. The molecule has 2 heterocycles. The van der Waals surface area contributed by atoms with Gasteiger partial charge < -0.3 is 0 Å². The number of hydrogen-bond acceptors (Lipinski definition) is 3. The van der Waals surface area contributed by atoms with Crippen LogP contribution in [0.25, 0.3) is 11.4 Å². The maximum Gasteiger partial charge on any atom is 0.160 e. The van der Waals surface area contributed by atoms with Crippen molar-refractivity contribution in [2.24, 2.45) is 0 Å². The van der Waals surface area contributed by atoms with E-state index in [4.69, 9.17) is 0 Å². The van der Waals surface area contributed by atoms with Crippen molar-refractivity contribution in [2.75, 3.05) is 0 Å². The molecule has 0 aliphatic rings. The Kier molecular flexibility index (Phi) is 1.87. The van der Waals surface area contributed by atoms with Crippen LogP contribution in [-0.4, -0.2) is 9.97 Å². The zero-order valence-corrected chi connectivity index (χ0v) is 7.51. The Hall–Kier alpha value is -1.22. The van der Waals surface area contributed by atoms with Crippen molar-refractivity contribution in [1.82, 2.24) is 9.97 Å². The molecule has 0 aliphatic carbocycles. The third-order valence-electron chi connectivity index (χ3n) is 1.57. The maximum atomic E-state index is 4.31. The summed E-state index contributed by atoms with van der Waals surface area (Å²) in [6, 6.07) is 3.93. The quantitative estimate of drug-likeness (QED) is 0.667. The van der Waals surface area contributed by atoms with Crippen LogP contribution in [-0.2, 0) is 0 Å². The minimum absolute atomic E-state index is 0.816. The summed E-state index contributed by atoms with van der Waals surface area (Å²) in [6.45, 7) is 1.97. The largest absolute Gasteiger partial charge is 0.237 e. The minimum atomic E-state index is 0.816. The molecule has 0 radical (unpaired) electrons. The maximum absolute atomic E-state index is 4.31. The first-order valence-electron chi connectivity index (χ1n) is 3.68. The van der Waals surface area contributed by atoms with Crippen molar-refractivity contribution in [1.29, 1.82) is 0 Å². The molecule has 3 heteroatoms. The van der Waals surface area contributed by atoms with Gasteiger partial charge in [0.25, 0.3) is 0 Å². The van der Waals surface area contributed by atoms with E-state index in [0.717, 1.165) is 17.1 Å². The summed E-state index contributed by atoms with van der Waals surface area (Å²) < 4.78 is 0. The van der Waals surface area contributed by atoms with Crippen molar-refractivity contribution in [3.05, 3.63) is 34.8 Å². The van der Waals surface area contributed by atoms with Gasteiger partial charge in [-0.2, -0.15) is 11.3 Å². The molecule has 0 saturated carbocycles. The highest BCUT2D eigenvalue weighted by Gasteiger charge is 1.99. The lowest BCUT2D eigenvalue weighted by Gasteiger charge is -1.95. The van der Waals surface area contributed by atoms with Gasteiger partial charge in [-0.05, 0) is 24.4 Å². The molecule has 0 aliphatic heterocycles. The molecule has 2 rings (SSSR count). The third kappa shape index (κ3) is 1.36. The highest BCUT2D eigenvalue weighted by atomic mass is 32.1. The molecule has 0 fully saturated rings. The van der Waals surface area contributed by atoms with Gasteiger partial charge in [-0.3, -0.25) is 0 Å². The first-order valence-corrected chi connectivity index (χ1v) is 4.63. The fraction of sp³-hybridized carbons (Fsp3) is 0.111. The van der Waals surface area contributed by atoms with E-state index in [0.29, 0.717) is 0 Å². The molecular formula is C9H8N2S. The average molecular weight is 176 g/mol. The van der Waals surface area contributed by atoms with Crippen LogP contribution in [0.4, 0.5) is 0 Å². The lowest BCUT2D eigenvalue weighted by atomic mass is 10.3. The molecule has 2 aromatic rings. The summed E-state index contributed by atoms with van der Waals surface area (Å²) in [5.74, 6) is 0.816. The van der Waals surface area contributed by atoms with E-state index < -0.39 is 0 Å². The van der Waals surface area contributed by atoms with Gasteiger partial charge in [0.15, 0.2) is 5.82 Å². The Balaban J connectivity index is 2.48. The van der Waals surface area contributed by atoms with Crippen LogP contribution in [0.3, 0.4) is 0 Å². The molecule has 0 spiro atoms. The van der Waals surface area contributed by atoms with Crippen LogP contribution in [0.15, 0.2) is 29.1 Å². The van der Waals surface area contributed by atoms with E-state index in [9.17, 15) is 0 Å². The Labute approximate surface area is 74.9 Å². The lowest BCUT2D eigenvalue weighted by Crippen LogP contribution is -1.88. The van der Waals surface area contributed by atoms with Gasteiger partial charge >= 0.3 is 0 Å². The van der Waals surface area contributed by atoms with Crippen molar-refractivity contribution in [2.45, 2.75) is 6.92 Å². The zero-order chi connectivity index (χ0) is 8.39. The molecule has 0 aromatic carbocycles. The van der Waals surface area contributed by atoms with E-state index in [1.54, 1.807) is 17.5 Å². The fourth-order valence-corrected chi connectivity index (χ4v) is 1.61. The highest BCUT2D eigenvalue weighted by molar-refractivity contribution is 7.08. The number of aromatic nitrogens is 2. The second-order valence-electron chi connectivity index (χ2n) is 2.53. The van der Waals surface area contributed by atoms with Gasteiger partial charge in [-0.15, -0.1) is 0 Å². The minimum Gasteiger partial charge on any atom is -0.237 e. The highest BCUT2D eigenvalue weighted by Crippen LogP contribution is 2.17. The molecule has 2 nitrogen and oxygen atoms in total.